The Kier molecular flexibility index (Phi) is 2.76. The van der Waals surface area contributed by atoms with Gasteiger partial charge in [0.2, 0.25) is 0 Å². The minimum Gasteiger partial charge on any atom is -0.333 e. The molecule has 0 aromatic carbocycles. The van der Waals surface area contributed by atoms with E-state index in [1.165, 1.54) is 12.8 Å². The normalized spacial score (nSPS) is 20.3. The highest BCUT2D eigenvalue weighted by atomic mass is 16.2. The van der Waals surface area contributed by atoms with Gasteiger partial charge < -0.3 is 10.2 Å². The highest BCUT2D eigenvalue weighted by molar-refractivity contribution is 5.75. The van der Waals surface area contributed by atoms with Crippen LogP contribution in [0.1, 0.15) is 51.3 Å². The number of amides is 2. The van der Waals surface area contributed by atoms with Gasteiger partial charge in [-0.1, -0.05) is 5.21 Å². The van der Waals surface area contributed by atoms with Gasteiger partial charge in [-0.15, -0.1) is 5.10 Å². The van der Waals surface area contributed by atoms with Gasteiger partial charge in [0, 0.05) is 30.7 Å². The van der Waals surface area contributed by atoms with Gasteiger partial charge in [-0.2, -0.15) is 0 Å². The highest BCUT2D eigenvalue weighted by Gasteiger charge is 2.35. The summed E-state index contributed by atoms with van der Waals surface area (Å²) in [6.07, 6.45) is 4.52. The smallest absolute Gasteiger partial charge is 0.317 e. The molecule has 1 N–H and O–H groups in total. The van der Waals surface area contributed by atoms with Crippen molar-refractivity contribution in [3.63, 3.8) is 0 Å². The van der Waals surface area contributed by atoms with Gasteiger partial charge in [0.1, 0.15) is 0 Å². The van der Waals surface area contributed by atoms with E-state index in [1.54, 1.807) is 0 Å². The predicted molar refractivity (Wildman–Crippen MR) is 70.9 cm³/mol. The lowest BCUT2D eigenvalue weighted by atomic mass is 10.1. The first-order chi connectivity index (χ1) is 8.92. The van der Waals surface area contributed by atoms with Gasteiger partial charge in [-0.25, -0.2) is 9.48 Å². The third kappa shape index (κ3) is 2.72. The summed E-state index contributed by atoms with van der Waals surface area (Å²) in [5.41, 5.74) is 0.923. The molecule has 0 atom stereocenters. The Bertz CT molecular complexity index is 479. The maximum Gasteiger partial charge on any atom is 0.317 e. The largest absolute Gasteiger partial charge is 0.333 e. The number of likely N-dealkylation sites (tertiary alicyclic amines) is 1. The zero-order valence-corrected chi connectivity index (χ0v) is 11.8. The average molecular weight is 263 g/mol. The quantitative estimate of drug-likeness (QED) is 0.880. The lowest BCUT2D eigenvalue weighted by Gasteiger charge is -2.40. The first-order valence-electron chi connectivity index (χ1n) is 6.91. The van der Waals surface area contributed by atoms with Gasteiger partial charge in [-0.05, 0) is 33.6 Å². The van der Waals surface area contributed by atoms with Crippen molar-refractivity contribution in [3.8, 4) is 0 Å². The molecule has 1 aliphatic carbocycles. The SMILES string of the molecule is CC(C)(C)NC(=O)N1CC(n2cc(C3CC3)nn2)C1. The van der Waals surface area contributed by atoms with E-state index < -0.39 is 0 Å². The summed E-state index contributed by atoms with van der Waals surface area (Å²) in [4.78, 5) is 13.7. The summed E-state index contributed by atoms with van der Waals surface area (Å²) in [6.45, 7) is 7.40. The fourth-order valence-electron chi connectivity index (χ4n) is 2.22. The zero-order valence-electron chi connectivity index (χ0n) is 11.8. The second-order valence-electron chi connectivity index (χ2n) is 6.64. The number of rotatable bonds is 2. The van der Waals surface area contributed by atoms with Crippen LogP contribution in [0.2, 0.25) is 0 Å². The van der Waals surface area contributed by atoms with Crippen molar-refractivity contribution in [1.82, 2.24) is 25.2 Å². The predicted octanol–water partition coefficient (Wildman–Crippen LogP) is 1.52. The minimum absolute atomic E-state index is 0.00582. The van der Waals surface area contributed by atoms with Crippen LogP contribution in [0.15, 0.2) is 6.20 Å². The molecule has 0 unspecified atom stereocenters. The molecule has 1 saturated carbocycles. The van der Waals surface area contributed by atoms with Gasteiger partial charge in [0.05, 0.1) is 11.7 Å². The molecule has 6 heteroatoms. The first kappa shape index (κ1) is 12.4. The summed E-state index contributed by atoms with van der Waals surface area (Å²) in [5.74, 6) is 0.633. The molecule has 0 spiro atoms. The average Bonchev–Trinajstić information content (AvgIpc) is 2.94. The van der Waals surface area contributed by atoms with Crippen molar-refractivity contribution in [2.24, 2.45) is 0 Å². The van der Waals surface area contributed by atoms with Crippen LogP contribution in [-0.2, 0) is 0 Å². The highest BCUT2D eigenvalue weighted by Crippen LogP contribution is 2.39. The molecular formula is C13H21N5O. The van der Waals surface area contributed by atoms with Crippen molar-refractivity contribution in [2.45, 2.75) is 51.1 Å². The van der Waals surface area contributed by atoms with E-state index >= 15 is 0 Å². The molecule has 0 bridgehead atoms. The number of urea groups is 1. The molecule has 19 heavy (non-hydrogen) atoms. The summed E-state index contributed by atoms with van der Waals surface area (Å²) in [5, 5.41) is 11.3. The molecule has 6 nitrogen and oxygen atoms in total. The fourth-order valence-corrected chi connectivity index (χ4v) is 2.22. The number of carbonyl (C=O) groups is 1. The maximum atomic E-state index is 11.9. The van der Waals surface area contributed by atoms with E-state index in [0.29, 0.717) is 5.92 Å². The third-order valence-electron chi connectivity index (χ3n) is 3.53. The third-order valence-corrected chi connectivity index (χ3v) is 3.53. The molecule has 3 rings (SSSR count). The van der Waals surface area contributed by atoms with Crippen LogP contribution in [0.3, 0.4) is 0 Å². The minimum atomic E-state index is -0.186. The number of nitrogens with one attached hydrogen (secondary N) is 1. The van der Waals surface area contributed by atoms with E-state index in [1.807, 2.05) is 36.5 Å². The van der Waals surface area contributed by atoms with Crippen molar-refractivity contribution in [3.05, 3.63) is 11.9 Å². The lowest BCUT2D eigenvalue weighted by Crippen LogP contribution is -2.57. The molecule has 2 fully saturated rings. The van der Waals surface area contributed by atoms with E-state index in [4.69, 9.17) is 0 Å². The first-order valence-corrected chi connectivity index (χ1v) is 6.91. The zero-order chi connectivity index (χ0) is 13.6. The van der Waals surface area contributed by atoms with Crippen molar-refractivity contribution in [1.29, 1.82) is 0 Å². The topological polar surface area (TPSA) is 63.1 Å². The Balaban J connectivity index is 1.52. The molecule has 1 aliphatic heterocycles. The van der Waals surface area contributed by atoms with Gasteiger partial charge in [0.25, 0.3) is 0 Å². The number of hydrogen-bond acceptors (Lipinski definition) is 3. The van der Waals surface area contributed by atoms with E-state index in [-0.39, 0.29) is 17.6 Å². The van der Waals surface area contributed by atoms with Gasteiger partial charge in [-0.3, -0.25) is 0 Å². The maximum absolute atomic E-state index is 11.9. The van der Waals surface area contributed by atoms with Crippen molar-refractivity contribution < 1.29 is 4.79 Å². The Morgan fingerprint density at radius 3 is 2.63 bits per heavy atom. The van der Waals surface area contributed by atoms with E-state index in [9.17, 15) is 4.79 Å². The van der Waals surface area contributed by atoms with E-state index in [0.717, 1.165) is 18.8 Å². The number of aromatic nitrogens is 3. The van der Waals surface area contributed by atoms with E-state index in [2.05, 4.69) is 15.6 Å². The summed E-state index contributed by atoms with van der Waals surface area (Å²) >= 11 is 0. The number of nitrogens with zero attached hydrogens (tertiary/aromatic N) is 4. The molecule has 1 saturated heterocycles. The molecule has 2 aliphatic rings. The lowest BCUT2D eigenvalue weighted by molar-refractivity contribution is 0.112. The van der Waals surface area contributed by atoms with Gasteiger partial charge in [0.15, 0.2) is 0 Å². The van der Waals surface area contributed by atoms with Crippen molar-refractivity contribution >= 4 is 6.03 Å². The second-order valence-corrected chi connectivity index (χ2v) is 6.64. The summed E-state index contributed by atoms with van der Waals surface area (Å²) in [6, 6.07) is 0.289. The molecule has 1 aromatic rings. The van der Waals surface area contributed by atoms with Crippen LogP contribution in [0.25, 0.3) is 0 Å². The van der Waals surface area contributed by atoms with Crippen LogP contribution < -0.4 is 5.32 Å². The van der Waals surface area contributed by atoms with Crippen LogP contribution in [0.4, 0.5) is 4.79 Å². The Labute approximate surface area is 113 Å². The molecule has 104 valence electrons. The molecule has 0 radical (unpaired) electrons. The molecule has 1 aromatic heterocycles. The summed E-state index contributed by atoms with van der Waals surface area (Å²) < 4.78 is 1.91. The monoisotopic (exact) mass is 263 g/mol. The number of carbonyl (C=O) groups excluding carboxylic acids is 1. The van der Waals surface area contributed by atoms with Crippen molar-refractivity contribution in [2.75, 3.05) is 13.1 Å². The van der Waals surface area contributed by atoms with Crippen LogP contribution in [-0.4, -0.2) is 44.6 Å². The molecule has 2 heterocycles. The standard InChI is InChI=1S/C13H21N5O/c1-13(2,3)14-12(19)17-6-10(7-17)18-8-11(15-16-18)9-4-5-9/h8-10H,4-7H2,1-3H3,(H,14,19). The number of hydrogen-bond donors (Lipinski definition) is 1. The fraction of sp³-hybridized carbons (Fsp3) is 0.769. The van der Waals surface area contributed by atoms with Gasteiger partial charge >= 0.3 is 6.03 Å². The Hall–Kier alpha value is -1.59. The summed E-state index contributed by atoms with van der Waals surface area (Å²) in [7, 11) is 0. The van der Waals surface area contributed by atoms with Crippen LogP contribution in [0, 0.1) is 0 Å². The Morgan fingerprint density at radius 1 is 1.37 bits per heavy atom. The Morgan fingerprint density at radius 2 is 2.05 bits per heavy atom. The van der Waals surface area contributed by atoms with Crippen LogP contribution >= 0.6 is 0 Å². The molecule has 2 amide bonds. The van der Waals surface area contributed by atoms with Crippen LogP contribution in [0.5, 0.6) is 0 Å². The molecular weight excluding hydrogens is 242 g/mol. The second kappa shape index (κ2) is 4.21.